The van der Waals surface area contributed by atoms with Crippen LogP contribution in [-0.2, 0) is 10.2 Å². The molecule has 0 unspecified atom stereocenters. The molecule has 35 heavy (non-hydrogen) atoms. The number of nitrogens with one attached hydrogen (secondary N) is 1. The van der Waals surface area contributed by atoms with Gasteiger partial charge < -0.3 is 14.5 Å². The number of anilines is 1. The molecule has 0 saturated heterocycles. The zero-order valence-corrected chi connectivity index (χ0v) is 21.6. The van der Waals surface area contributed by atoms with Crippen molar-refractivity contribution in [1.29, 1.82) is 0 Å². The number of benzene rings is 3. The first-order valence-corrected chi connectivity index (χ1v) is 12.3. The van der Waals surface area contributed by atoms with Gasteiger partial charge in [0.15, 0.2) is 12.2 Å². The van der Waals surface area contributed by atoms with Crippen molar-refractivity contribution in [2.24, 2.45) is 0 Å². The number of nitrogens with zero attached hydrogens (tertiary/aromatic N) is 1. The minimum Gasteiger partial charge on any atom is -0.484 e. The number of ether oxygens (including phenoxy) is 1. The normalized spacial score (nSPS) is 12.5. The van der Waals surface area contributed by atoms with Gasteiger partial charge in [0.2, 0.25) is 5.89 Å². The molecule has 1 heterocycles. The molecule has 0 saturated carbocycles. The number of hydrogen-bond donors (Lipinski definition) is 1. The van der Waals surface area contributed by atoms with Gasteiger partial charge >= 0.3 is 0 Å². The summed E-state index contributed by atoms with van der Waals surface area (Å²) in [6.45, 7) is 10.7. The van der Waals surface area contributed by atoms with Crippen molar-refractivity contribution in [2.45, 2.75) is 52.4 Å². The molecule has 0 aliphatic carbocycles. The SMILES string of the molecule is CC[C@H](C)c1ccc2oc(-c3ccc(Cl)c(NC(=O)COc4ccc(C(C)(C)C)cc4)c3)nc2c1. The van der Waals surface area contributed by atoms with Crippen LogP contribution in [0.3, 0.4) is 0 Å². The maximum atomic E-state index is 12.5. The van der Waals surface area contributed by atoms with Gasteiger partial charge in [-0.2, -0.15) is 0 Å². The Bertz CT molecular complexity index is 1340. The van der Waals surface area contributed by atoms with Crippen LogP contribution in [0.1, 0.15) is 58.1 Å². The molecule has 0 aliphatic rings. The smallest absolute Gasteiger partial charge is 0.262 e. The Morgan fingerprint density at radius 3 is 2.51 bits per heavy atom. The van der Waals surface area contributed by atoms with E-state index < -0.39 is 0 Å². The Morgan fingerprint density at radius 1 is 1.09 bits per heavy atom. The molecule has 5 nitrogen and oxygen atoms in total. The van der Waals surface area contributed by atoms with Crippen LogP contribution < -0.4 is 10.1 Å². The second kappa shape index (κ2) is 10.1. The van der Waals surface area contributed by atoms with Crippen LogP contribution in [0.4, 0.5) is 5.69 Å². The molecule has 0 fully saturated rings. The fraction of sp³-hybridized carbons (Fsp3) is 0.310. The van der Waals surface area contributed by atoms with Crippen LogP contribution in [0.5, 0.6) is 5.75 Å². The third-order valence-electron chi connectivity index (χ3n) is 6.17. The van der Waals surface area contributed by atoms with Crippen LogP contribution in [0, 0.1) is 0 Å². The molecule has 1 aromatic heterocycles. The molecule has 3 aromatic carbocycles. The van der Waals surface area contributed by atoms with Gasteiger partial charge in [-0.1, -0.05) is 64.4 Å². The largest absolute Gasteiger partial charge is 0.484 e. The zero-order valence-electron chi connectivity index (χ0n) is 20.8. The number of aromatic nitrogens is 1. The zero-order chi connectivity index (χ0) is 25.2. The maximum absolute atomic E-state index is 12.5. The molecule has 0 radical (unpaired) electrons. The van der Waals surface area contributed by atoms with Gasteiger partial charge in [-0.3, -0.25) is 4.79 Å². The van der Waals surface area contributed by atoms with E-state index in [2.05, 4.69) is 57.1 Å². The molecule has 4 rings (SSSR count). The summed E-state index contributed by atoms with van der Waals surface area (Å²) in [5.41, 5.74) is 5.23. The molecule has 1 N–H and O–H groups in total. The second-order valence-corrected chi connectivity index (χ2v) is 10.3. The molecule has 1 atom stereocenters. The lowest BCUT2D eigenvalue weighted by atomic mass is 9.87. The van der Waals surface area contributed by atoms with Crippen molar-refractivity contribution in [3.8, 4) is 17.2 Å². The first-order valence-electron chi connectivity index (χ1n) is 11.9. The van der Waals surface area contributed by atoms with Gasteiger partial charge in [0.25, 0.3) is 5.91 Å². The van der Waals surface area contributed by atoms with Gasteiger partial charge in [-0.25, -0.2) is 4.98 Å². The molecule has 0 bridgehead atoms. The van der Waals surface area contributed by atoms with Crippen LogP contribution in [0.2, 0.25) is 5.02 Å². The summed E-state index contributed by atoms with van der Waals surface area (Å²) < 4.78 is 11.6. The Morgan fingerprint density at radius 2 is 1.83 bits per heavy atom. The minimum atomic E-state index is -0.306. The molecule has 182 valence electrons. The van der Waals surface area contributed by atoms with E-state index in [4.69, 9.17) is 20.8 Å². The summed E-state index contributed by atoms with van der Waals surface area (Å²) in [5, 5.41) is 3.25. The standard InChI is InChI=1S/C29H31ClN2O3/c1-6-18(2)19-8-14-26-25(15-19)32-28(35-26)20-7-13-23(30)24(16-20)31-27(33)17-34-22-11-9-21(10-12-22)29(3,4)5/h7-16,18H,6,17H2,1-5H3,(H,31,33)/t18-/m0/s1. The number of oxazole rings is 1. The Kier molecular flexibility index (Phi) is 7.18. The van der Waals surface area contributed by atoms with Crippen LogP contribution >= 0.6 is 11.6 Å². The highest BCUT2D eigenvalue weighted by Gasteiger charge is 2.15. The molecule has 1 amide bonds. The molecule has 0 spiro atoms. The quantitative estimate of drug-likeness (QED) is 0.285. The van der Waals surface area contributed by atoms with Crippen LogP contribution in [0.15, 0.2) is 65.1 Å². The summed E-state index contributed by atoms with van der Waals surface area (Å²) in [6.07, 6.45) is 1.06. The fourth-order valence-corrected chi connectivity index (χ4v) is 3.92. The lowest BCUT2D eigenvalue weighted by Crippen LogP contribution is -2.20. The minimum absolute atomic E-state index is 0.0581. The molecule has 6 heteroatoms. The van der Waals surface area contributed by atoms with E-state index >= 15 is 0 Å². The molecule has 4 aromatic rings. The van der Waals surface area contributed by atoms with Gasteiger partial charge in [0.05, 0.1) is 10.7 Å². The summed E-state index contributed by atoms with van der Waals surface area (Å²) in [7, 11) is 0. The Balaban J connectivity index is 1.46. The lowest BCUT2D eigenvalue weighted by molar-refractivity contribution is -0.118. The van der Waals surface area contributed by atoms with E-state index in [0.717, 1.165) is 23.1 Å². The Hall–Kier alpha value is -3.31. The monoisotopic (exact) mass is 490 g/mol. The van der Waals surface area contributed by atoms with E-state index in [-0.39, 0.29) is 17.9 Å². The average Bonchev–Trinajstić information content (AvgIpc) is 3.27. The van der Waals surface area contributed by atoms with E-state index in [9.17, 15) is 4.79 Å². The number of hydrogen-bond acceptors (Lipinski definition) is 4. The van der Waals surface area contributed by atoms with Crippen molar-refractivity contribution in [2.75, 3.05) is 11.9 Å². The third-order valence-corrected chi connectivity index (χ3v) is 6.50. The van der Waals surface area contributed by atoms with Crippen molar-refractivity contribution < 1.29 is 13.9 Å². The molecular formula is C29H31ClN2O3. The number of carbonyl (C=O) groups excluding carboxylic acids is 1. The highest BCUT2D eigenvalue weighted by atomic mass is 35.5. The summed E-state index contributed by atoms with van der Waals surface area (Å²) in [6, 6.07) is 19.2. The van der Waals surface area contributed by atoms with Gasteiger partial charge in [0.1, 0.15) is 11.3 Å². The summed E-state index contributed by atoms with van der Waals surface area (Å²) in [5.74, 6) is 1.26. The van der Waals surface area contributed by atoms with Crippen LogP contribution in [-0.4, -0.2) is 17.5 Å². The van der Waals surface area contributed by atoms with E-state index in [1.807, 2.05) is 36.4 Å². The van der Waals surface area contributed by atoms with Crippen molar-refractivity contribution in [1.82, 2.24) is 4.98 Å². The molecule has 0 aliphatic heterocycles. The highest BCUT2D eigenvalue weighted by Crippen LogP contribution is 2.32. The predicted molar refractivity (Wildman–Crippen MR) is 142 cm³/mol. The Labute approximate surface area is 211 Å². The number of carbonyl (C=O) groups is 1. The maximum Gasteiger partial charge on any atom is 0.262 e. The van der Waals surface area contributed by atoms with Gasteiger partial charge in [0, 0.05) is 5.56 Å². The van der Waals surface area contributed by atoms with Crippen LogP contribution in [0.25, 0.3) is 22.6 Å². The third kappa shape index (κ3) is 5.85. The van der Waals surface area contributed by atoms with Gasteiger partial charge in [-0.05, 0) is 71.3 Å². The second-order valence-electron chi connectivity index (χ2n) is 9.86. The topological polar surface area (TPSA) is 64.4 Å². The van der Waals surface area contributed by atoms with Gasteiger partial charge in [-0.15, -0.1) is 0 Å². The number of fused-ring (bicyclic) bond motifs is 1. The van der Waals surface area contributed by atoms with Crippen molar-refractivity contribution in [3.63, 3.8) is 0 Å². The van der Waals surface area contributed by atoms with Crippen molar-refractivity contribution >= 4 is 34.3 Å². The fourth-order valence-electron chi connectivity index (χ4n) is 3.75. The van der Waals surface area contributed by atoms with Crippen molar-refractivity contribution in [3.05, 3.63) is 76.8 Å². The lowest BCUT2D eigenvalue weighted by Gasteiger charge is -2.19. The van der Waals surface area contributed by atoms with E-state index in [0.29, 0.717) is 28.3 Å². The van der Waals surface area contributed by atoms with E-state index in [1.165, 1.54) is 11.1 Å². The number of halogens is 1. The highest BCUT2D eigenvalue weighted by molar-refractivity contribution is 6.33. The summed E-state index contributed by atoms with van der Waals surface area (Å²) >= 11 is 6.35. The number of rotatable bonds is 7. The van der Waals surface area contributed by atoms with E-state index in [1.54, 1.807) is 12.1 Å². The first-order chi connectivity index (χ1) is 16.6. The number of amides is 1. The first kappa shape index (κ1) is 24.8. The molecular weight excluding hydrogens is 460 g/mol. The summed E-state index contributed by atoms with van der Waals surface area (Å²) in [4.78, 5) is 17.2. The predicted octanol–water partition coefficient (Wildman–Crippen LogP) is 7.98. The average molecular weight is 491 g/mol.